The lowest BCUT2D eigenvalue weighted by Gasteiger charge is -2.01. The molecule has 1 aromatic carbocycles. The first-order chi connectivity index (χ1) is 7.63. The first-order valence-corrected chi connectivity index (χ1v) is 5.00. The number of aryl methyl sites for hydroxylation is 1. The summed E-state index contributed by atoms with van der Waals surface area (Å²) in [5.74, 6) is 1.01. The minimum atomic E-state index is 0.200. The van der Waals surface area contributed by atoms with Gasteiger partial charge in [0.2, 0.25) is 5.88 Å². The van der Waals surface area contributed by atoms with Crippen molar-refractivity contribution in [3.8, 4) is 22.9 Å². The first-order valence-electron chi connectivity index (χ1n) is 5.00. The standard InChI is InChI=1S/C12H14N2O2/c1-8-11(13-14(2)12(8)15)9-4-6-10(16-3)7-5-9/h4-7,15H,1-3H3. The summed E-state index contributed by atoms with van der Waals surface area (Å²) in [5, 5.41) is 13.9. The maximum absolute atomic E-state index is 9.66. The van der Waals surface area contributed by atoms with E-state index >= 15 is 0 Å². The molecule has 2 aromatic rings. The predicted molar refractivity (Wildman–Crippen MR) is 61.6 cm³/mol. The van der Waals surface area contributed by atoms with Crippen LogP contribution in [0.2, 0.25) is 0 Å². The number of methoxy groups -OCH3 is 1. The largest absolute Gasteiger partial charge is 0.497 e. The average Bonchev–Trinajstić information content (AvgIpc) is 2.57. The molecule has 0 bridgehead atoms. The summed E-state index contributed by atoms with van der Waals surface area (Å²) in [4.78, 5) is 0. The summed E-state index contributed by atoms with van der Waals surface area (Å²) < 4.78 is 6.56. The van der Waals surface area contributed by atoms with Crippen LogP contribution in [0.4, 0.5) is 0 Å². The van der Waals surface area contributed by atoms with Gasteiger partial charge in [-0.2, -0.15) is 5.10 Å². The highest BCUT2D eigenvalue weighted by Crippen LogP contribution is 2.28. The highest BCUT2D eigenvalue weighted by atomic mass is 16.5. The van der Waals surface area contributed by atoms with Crippen LogP contribution in [-0.4, -0.2) is 22.0 Å². The maximum atomic E-state index is 9.66. The van der Waals surface area contributed by atoms with Crippen LogP contribution in [0.5, 0.6) is 11.6 Å². The Morgan fingerprint density at radius 2 is 1.88 bits per heavy atom. The molecule has 1 N–H and O–H groups in total. The van der Waals surface area contributed by atoms with Crippen LogP contribution in [0.1, 0.15) is 5.56 Å². The number of ether oxygens (including phenoxy) is 1. The van der Waals surface area contributed by atoms with Crippen LogP contribution in [0.25, 0.3) is 11.3 Å². The molecule has 2 rings (SSSR count). The zero-order chi connectivity index (χ0) is 11.7. The Bertz CT molecular complexity index is 500. The average molecular weight is 218 g/mol. The van der Waals surface area contributed by atoms with Gasteiger partial charge in [0.25, 0.3) is 0 Å². The highest BCUT2D eigenvalue weighted by molar-refractivity contribution is 5.65. The molecule has 1 aromatic heterocycles. The Labute approximate surface area is 94.1 Å². The molecule has 0 fully saturated rings. The van der Waals surface area contributed by atoms with Crippen LogP contribution < -0.4 is 4.74 Å². The fraction of sp³-hybridized carbons (Fsp3) is 0.250. The fourth-order valence-corrected chi connectivity index (χ4v) is 1.64. The molecule has 0 radical (unpaired) electrons. The summed E-state index contributed by atoms with van der Waals surface area (Å²) >= 11 is 0. The van der Waals surface area contributed by atoms with Crippen LogP contribution in [0, 0.1) is 6.92 Å². The number of hydrogen-bond acceptors (Lipinski definition) is 3. The van der Waals surface area contributed by atoms with Gasteiger partial charge in [0.1, 0.15) is 5.75 Å². The lowest BCUT2D eigenvalue weighted by molar-refractivity contribution is 0.415. The topological polar surface area (TPSA) is 47.3 Å². The molecule has 1 heterocycles. The molecule has 16 heavy (non-hydrogen) atoms. The number of nitrogens with zero attached hydrogens (tertiary/aromatic N) is 2. The zero-order valence-electron chi connectivity index (χ0n) is 9.56. The third-order valence-corrected chi connectivity index (χ3v) is 2.61. The molecule has 4 nitrogen and oxygen atoms in total. The van der Waals surface area contributed by atoms with Crippen LogP contribution in [0.3, 0.4) is 0 Å². The monoisotopic (exact) mass is 218 g/mol. The van der Waals surface area contributed by atoms with Gasteiger partial charge in [0.15, 0.2) is 0 Å². The van der Waals surface area contributed by atoms with Gasteiger partial charge in [0.05, 0.1) is 12.8 Å². The van der Waals surface area contributed by atoms with E-state index in [9.17, 15) is 5.11 Å². The van der Waals surface area contributed by atoms with Crippen LogP contribution >= 0.6 is 0 Å². The third kappa shape index (κ3) is 1.62. The second kappa shape index (κ2) is 3.89. The van der Waals surface area contributed by atoms with E-state index in [4.69, 9.17) is 4.74 Å². The van der Waals surface area contributed by atoms with E-state index in [0.29, 0.717) is 0 Å². The number of aromatic nitrogens is 2. The normalized spacial score (nSPS) is 10.4. The van der Waals surface area contributed by atoms with Gasteiger partial charge in [-0.25, -0.2) is 4.68 Å². The third-order valence-electron chi connectivity index (χ3n) is 2.61. The molecule has 0 unspecified atom stereocenters. The molecule has 0 amide bonds. The number of hydrogen-bond donors (Lipinski definition) is 1. The van der Waals surface area contributed by atoms with E-state index in [0.717, 1.165) is 22.6 Å². The summed E-state index contributed by atoms with van der Waals surface area (Å²) in [5.41, 5.74) is 2.55. The lowest BCUT2D eigenvalue weighted by Crippen LogP contribution is -1.89. The van der Waals surface area contributed by atoms with Gasteiger partial charge in [-0.1, -0.05) is 0 Å². The summed E-state index contributed by atoms with van der Waals surface area (Å²) in [6.45, 7) is 1.85. The molecule has 84 valence electrons. The first kappa shape index (κ1) is 10.5. The van der Waals surface area contributed by atoms with Crippen molar-refractivity contribution < 1.29 is 9.84 Å². The van der Waals surface area contributed by atoms with Crippen molar-refractivity contribution in [2.45, 2.75) is 6.92 Å². The number of benzene rings is 1. The quantitative estimate of drug-likeness (QED) is 0.839. The Kier molecular flexibility index (Phi) is 2.56. The second-order valence-electron chi connectivity index (χ2n) is 3.65. The van der Waals surface area contributed by atoms with E-state index in [1.807, 2.05) is 31.2 Å². The van der Waals surface area contributed by atoms with Crippen molar-refractivity contribution in [2.24, 2.45) is 7.05 Å². The SMILES string of the molecule is COc1ccc(-c2nn(C)c(O)c2C)cc1. The minimum absolute atomic E-state index is 0.200. The van der Waals surface area contributed by atoms with Crippen molar-refractivity contribution in [1.82, 2.24) is 9.78 Å². The van der Waals surface area contributed by atoms with Crippen LogP contribution in [-0.2, 0) is 7.05 Å². The molecular formula is C12H14N2O2. The predicted octanol–water partition coefficient (Wildman–Crippen LogP) is 2.11. The van der Waals surface area contributed by atoms with E-state index in [-0.39, 0.29) is 5.88 Å². The molecule has 0 aliphatic heterocycles. The van der Waals surface area contributed by atoms with Crippen molar-refractivity contribution in [3.05, 3.63) is 29.8 Å². The summed E-state index contributed by atoms with van der Waals surface area (Å²) in [6.07, 6.45) is 0. The Morgan fingerprint density at radius 1 is 1.25 bits per heavy atom. The molecule has 0 aliphatic carbocycles. The van der Waals surface area contributed by atoms with E-state index in [2.05, 4.69) is 5.10 Å². The van der Waals surface area contributed by atoms with Crippen molar-refractivity contribution in [3.63, 3.8) is 0 Å². The fourth-order valence-electron chi connectivity index (χ4n) is 1.64. The second-order valence-corrected chi connectivity index (χ2v) is 3.65. The van der Waals surface area contributed by atoms with Gasteiger partial charge in [-0.15, -0.1) is 0 Å². The molecule has 0 saturated carbocycles. The van der Waals surface area contributed by atoms with Crippen molar-refractivity contribution >= 4 is 0 Å². The minimum Gasteiger partial charge on any atom is -0.497 e. The lowest BCUT2D eigenvalue weighted by atomic mass is 10.1. The molecule has 0 spiro atoms. The van der Waals surface area contributed by atoms with Crippen LogP contribution in [0.15, 0.2) is 24.3 Å². The van der Waals surface area contributed by atoms with E-state index in [1.165, 1.54) is 4.68 Å². The summed E-state index contributed by atoms with van der Waals surface area (Å²) in [7, 11) is 3.35. The zero-order valence-corrected chi connectivity index (χ0v) is 9.56. The maximum Gasteiger partial charge on any atom is 0.212 e. The Hall–Kier alpha value is -1.97. The van der Waals surface area contributed by atoms with E-state index in [1.54, 1.807) is 14.2 Å². The highest BCUT2D eigenvalue weighted by Gasteiger charge is 2.12. The Morgan fingerprint density at radius 3 is 2.31 bits per heavy atom. The number of aromatic hydroxyl groups is 1. The van der Waals surface area contributed by atoms with Gasteiger partial charge in [0, 0.05) is 18.2 Å². The van der Waals surface area contributed by atoms with Gasteiger partial charge < -0.3 is 9.84 Å². The van der Waals surface area contributed by atoms with Gasteiger partial charge in [-0.3, -0.25) is 0 Å². The molecule has 0 aliphatic rings. The van der Waals surface area contributed by atoms with E-state index < -0.39 is 0 Å². The Balaban J connectivity index is 2.46. The molecule has 4 heteroatoms. The van der Waals surface area contributed by atoms with Crippen molar-refractivity contribution in [1.29, 1.82) is 0 Å². The molecule has 0 atom stereocenters. The molecule has 0 saturated heterocycles. The van der Waals surface area contributed by atoms with Crippen molar-refractivity contribution in [2.75, 3.05) is 7.11 Å². The summed E-state index contributed by atoms with van der Waals surface area (Å²) in [6, 6.07) is 7.60. The smallest absolute Gasteiger partial charge is 0.212 e. The number of rotatable bonds is 2. The van der Waals surface area contributed by atoms with Gasteiger partial charge in [-0.05, 0) is 31.2 Å². The molecular weight excluding hydrogens is 204 g/mol. The van der Waals surface area contributed by atoms with Gasteiger partial charge >= 0.3 is 0 Å².